The molecule has 1 aliphatic heterocycles. The maximum atomic E-state index is 12.6. The second-order valence-electron chi connectivity index (χ2n) is 6.13. The van der Waals surface area contributed by atoms with Gasteiger partial charge in [0.05, 0.1) is 5.56 Å². The molecule has 7 heteroatoms. The van der Waals surface area contributed by atoms with E-state index in [-0.39, 0.29) is 17.4 Å². The molecule has 134 valence electrons. The summed E-state index contributed by atoms with van der Waals surface area (Å²) in [6, 6.07) is 13.7. The standard InChI is InChI=1S/C19H20N4O3/c20-17(21)14-5-7-16(8-6-14)23-12-11-22(19(23)26)10-9-13-1-3-15(4-2-13)18(24)25/h1-8H,9-12H2,(H3,20,21)(H,24,25). The summed E-state index contributed by atoms with van der Waals surface area (Å²) < 4.78 is 0. The number of carbonyl (C=O) groups is 2. The van der Waals surface area contributed by atoms with Crippen molar-refractivity contribution in [2.45, 2.75) is 6.42 Å². The van der Waals surface area contributed by atoms with Gasteiger partial charge in [0.1, 0.15) is 5.84 Å². The van der Waals surface area contributed by atoms with E-state index in [4.69, 9.17) is 16.2 Å². The van der Waals surface area contributed by atoms with Crippen LogP contribution in [0.2, 0.25) is 0 Å². The molecule has 3 rings (SSSR count). The molecule has 0 aliphatic carbocycles. The molecule has 0 unspecified atom stereocenters. The fourth-order valence-corrected chi connectivity index (χ4v) is 2.93. The van der Waals surface area contributed by atoms with Crippen molar-refractivity contribution in [1.29, 1.82) is 5.41 Å². The van der Waals surface area contributed by atoms with Crippen LogP contribution in [0.3, 0.4) is 0 Å². The Bertz CT molecular complexity index is 831. The Balaban J connectivity index is 1.60. The van der Waals surface area contributed by atoms with Crippen LogP contribution in [0.5, 0.6) is 0 Å². The first-order valence-corrected chi connectivity index (χ1v) is 8.29. The molecule has 1 heterocycles. The number of hydrogen-bond acceptors (Lipinski definition) is 3. The summed E-state index contributed by atoms with van der Waals surface area (Å²) in [4.78, 5) is 27.0. The van der Waals surface area contributed by atoms with Crippen molar-refractivity contribution < 1.29 is 14.7 Å². The molecule has 4 N–H and O–H groups in total. The van der Waals surface area contributed by atoms with Crippen LogP contribution in [0, 0.1) is 5.41 Å². The molecule has 2 aromatic carbocycles. The number of anilines is 1. The number of nitrogens with two attached hydrogens (primary N) is 1. The molecule has 0 radical (unpaired) electrons. The average molecular weight is 352 g/mol. The number of nitrogen functional groups attached to an aromatic ring is 1. The van der Waals surface area contributed by atoms with Gasteiger partial charge in [-0.2, -0.15) is 0 Å². The van der Waals surface area contributed by atoms with Gasteiger partial charge in [0, 0.05) is 30.9 Å². The van der Waals surface area contributed by atoms with Crippen LogP contribution in [-0.2, 0) is 6.42 Å². The van der Waals surface area contributed by atoms with Gasteiger partial charge in [0.15, 0.2) is 0 Å². The molecule has 0 atom stereocenters. The van der Waals surface area contributed by atoms with E-state index in [0.29, 0.717) is 31.6 Å². The molecular weight excluding hydrogens is 332 g/mol. The molecule has 1 aliphatic rings. The first-order chi connectivity index (χ1) is 12.5. The van der Waals surface area contributed by atoms with Crippen molar-refractivity contribution in [3.8, 4) is 0 Å². The number of benzene rings is 2. The Kier molecular flexibility index (Phi) is 4.88. The summed E-state index contributed by atoms with van der Waals surface area (Å²) in [7, 11) is 0. The number of rotatable bonds is 6. The van der Waals surface area contributed by atoms with Gasteiger partial charge in [-0.25, -0.2) is 9.59 Å². The highest BCUT2D eigenvalue weighted by Crippen LogP contribution is 2.21. The van der Waals surface area contributed by atoms with E-state index in [1.807, 2.05) is 0 Å². The second kappa shape index (κ2) is 7.26. The number of hydrogen-bond donors (Lipinski definition) is 3. The maximum absolute atomic E-state index is 12.6. The number of amides is 2. The van der Waals surface area contributed by atoms with E-state index in [1.165, 1.54) is 0 Å². The smallest absolute Gasteiger partial charge is 0.335 e. The van der Waals surface area contributed by atoms with Gasteiger partial charge in [-0.05, 0) is 48.4 Å². The zero-order valence-corrected chi connectivity index (χ0v) is 14.2. The Labute approximate surface area is 151 Å². The predicted octanol–water partition coefficient (Wildman–Crippen LogP) is 2.15. The fourth-order valence-electron chi connectivity index (χ4n) is 2.93. The lowest BCUT2D eigenvalue weighted by Gasteiger charge is -2.19. The van der Waals surface area contributed by atoms with Crippen molar-refractivity contribution in [2.75, 3.05) is 24.5 Å². The summed E-state index contributed by atoms with van der Waals surface area (Å²) in [5.74, 6) is -0.947. The van der Waals surface area contributed by atoms with Gasteiger partial charge in [-0.15, -0.1) is 0 Å². The van der Waals surface area contributed by atoms with E-state index < -0.39 is 5.97 Å². The minimum Gasteiger partial charge on any atom is -0.478 e. The summed E-state index contributed by atoms with van der Waals surface area (Å²) >= 11 is 0. The van der Waals surface area contributed by atoms with Gasteiger partial charge in [0.25, 0.3) is 0 Å². The molecule has 2 aromatic rings. The van der Waals surface area contributed by atoms with E-state index >= 15 is 0 Å². The average Bonchev–Trinajstić information content (AvgIpc) is 3.01. The van der Waals surface area contributed by atoms with Crippen LogP contribution in [0.1, 0.15) is 21.5 Å². The van der Waals surface area contributed by atoms with E-state index in [2.05, 4.69) is 0 Å². The van der Waals surface area contributed by atoms with Crippen molar-refractivity contribution in [1.82, 2.24) is 4.90 Å². The van der Waals surface area contributed by atoms with Crippen LogP contribution in [0.25, 0.3) is 0 Å². The largest absolute Gasteiger partial charge is 0.478 e. The Hall–Kier alpha value is -3.35. The highest BCUT2D eigenvalue weighted by atomic mass is 16.4. The van der Waals surface area contributed by atoms with Crippen molar-refractivity contribution in [3.05, 3.63) is 65.2 Å². The van der Waals surface area contributed by atoms with Crippen LogP contribution in [0.15, 0.2) is 48.5 Å². The quantitative estimate of drug-likeness (QED) is 0.546. The topological polar surface area (TPSA) is 111 Å². The zero-order chi connectivity index (χ0) is 18.7. The van der Waals surface area contributed by atoms with Gasteiger partial charge in [-0.1, -0.05) is 12.1 Å². The van der Waals surface area contributed by atoms with Crippen LogP contribution in [-0.4, -0.2) is 47.5 Å². The number of carboxylic acid groups (broad SMARTS) is 1. The highest BCUT2D eigenvalue weighted by molar-refractivity contribution is 5.97. The Morgan fingerprint density at radius 2 is 1.65 bits per heavy atom. The maximum Gasteiger partial charge on any atom is 0.335 e. The number of nitrogens with one attached hydrogen (secondary N) is 1. The first kappa shape index (κ1) is 17.5. The van der Waals surface area contributed by atoms with Gasteiger partial charge in [-0.3, -0.25) is 10.3 Å². The second-order valence-corrected chi connectivity index (χ2v) is 6.13. The zero-order valence-electron chi connectivity index (χ0n) is 14.2. The SMILES string of the molecule is N=C(N)c1ccc(N2CCN(CCc3ccc(C(=O)O)cc3)C2=O)cc1. The predicted molar refractivity (Wildman–Crippen MR) is 98.9 cm³/mol. The minimum atomic E-state index is -0.947. The van der Waals surface area contributed by atoms with Crippen LogP contribution in [0.4, 0.5) is 10.5 Å². The molecule has 1 saturated heterocycles. The van der Waals surface area contributed by atoms with Crippen LogP contribution >= 0.6 is 0 Å². The lowest BCUT2D eigenvalue weighted by molar-refractivity contribution is 0.0697. The summed E-state index contributed by atoms with van der Waals surface area (Å²) in [6.07, 6.45) is 0.669. The number of nitrogens with zero attached hydrogens (tertiary/aromatic N) is 2. The highest BCUT2D eigenvalue weighted by Gasteiger charge is 2.29. The lowest BCUT2D eigenvalue weighted by Crippen LogP contribution is -2.33. The minimum absolute atomic E-state index is 0.000147. The number of urea groups is 1. The third-order valence-corrected chi connectivity index (χ3v) is 4.46. The van der Waals surface area contributed by atoms with Crippen molar-refractivity contribution in [3.63, 3.8) is 0 Å². The molecule has 0 spiro atoms. The Morgan fingerprint density at radius 1 is 1.04 bits per heavy atom. The van der Waals surface area contributed by atoms with Gasteiger partial charge in [0.2, 0.25) is 0 Å². The number of amidine groups is 1. The molecule has 1 fully saturated rings. The normalized spacial score (nSPS) is 13.9. The molecule has 26 heavy (non-hydrogen) atoms. The monoisotopic (exact) mass is 352 g/mol. The van der Waals surface area contributed by atoms with Gasteiger partial charge < -0.3 is 15.7 Å². The van der Waals surface area contributed by atoms with Crippen molar-refractivity contribution in [2.24, 2.45) is 5.73 Å². The first-order valence-electron chi connectivity index (χ1n) is 8.29. The van der Waals surface area contributed by atoms with Gasteiger partial charge >= 0.3 is 12.0 Å². The fraction of sp³-hybridized carbons (Fsp3) is 0.211. The summed E-state index contributed by atoms with van der Waals surface area (Å²) in [6.45, 7) is 1.82. The molecule has 0 bridgehead atoms. The van der Waals surface area contributed by atoms with Crippen LogP contribution < -0.4 is 10.6 Å². The van der Waals surface area contributed by atoms with E-state index in [1.54, 1.807) is 58.3 Å². The summed E-state index contributed by atoms with van der Waals surface area (Å²) in [5.41, 5.74) is 8.11. The van der Waals surface area contributed by atoms with E-state index in [0.717, 1.165) is 11.3 Å². The molecule has 2 amide bonds. The third kappa shape index (κ3) is 3.66. The molecule has 7 nitrogen and oxygen atoms in total. The third-order valence-electron chi connectivity index (χ3n) is 4.46. The van der Waals surface area contributed by atoms with E-state index in [9.17, 15) is 9.59 Å². The number of carboxylic acids is 1. The lowest BCUT2D eigenvalue weighted by atomic mass is 10.1. The Morgan fingerprint density at radius 3 is 2.23 bits per heavy atom. The van der Waals surface area contributed by atoms with Crippen molar-refractivity contribution >= 4 is 23.5 Å². The summed E-state index contributed by atoms with van der Waals surface area (Å²) in [5, 5.41) is 16.3. The molecule has 0 aromatic heterocycles. The number of aromatic carboxylic acids is 1. The number of carbonyl (C=O) groups excluding carboxylic acids is 1. The molecule has 0 saturated carbocycles. The molecular formula is C19H20N4O3.